The van der Waals surface area contributed by atoms with Crippen LogP contribution in [-0.4, -0.2) is 38.0 Å². The molecule has 0 spiro atoms. The molecule has 19 heavy (non-hydrogen) atoms. The van der Waals surface area contributed by atoms with Crippen molar-refractivity contribution in [3.8, 4) is 0 Å². The van der Waals surface area contributed by atoms with Gasteiger partial charge in [-0.3, -0.25) is 0 Å². The van der Waals surface area contributed by atoms with E-state index in [1.165, 1.54) is 29.7 Å². The summed E-state index contributed by atoms with van der Waals surface area (Å²) in [6, 6.07) is 6.53. The number of benzene rings is 1. The number of hydrogen-bond acceptors (Lipinski definition) is 3. The molecule has 2 aliphatic rings. The van der Waals surface area contributed by atoms with Gasteiger partial charge in [0.15, 0.2) is 0 Å². The highest BCUT2D eigenvalue weighted by molar-refractivity contribution is 5.63. The van der Waals surface area contributed by atoms with Crippen LogP contribution in [0.5, 0.6) is 0 Å². The molecule has 2 heterocycles. The third-order valence-electron chi connectivity index (χ3n) is 4.37. The van der Waals surface area contributed by atoms with Gasteiger partial charge in [-0.25, -0.2) is 0 Å². The second kappa shape index (κ2) is 5.93. The Morgan fingerprint density at radius 2 is 2.11 bits per heavy atom. The summed E-state index contributed by atoms with van der Waals surface area (Å²) in [7, 11) is 0. The molecular formula is C16H23NO2. The number of anilines is 1. The predicted molar refractivity (Wildman–Crippen MR) is 76.7 cm³/mol. The molecule has 1 saturated heterocycles. The van der Waals surface area contributed by atoms with Crippen molar-refractivity contribution >= 4 is 5.69 Å². The van der Waals surface area contributed by atoms with Crippen molar-refractivity contribution in [2.75, 3.05) is 37.8 Å². The SMILES string of the molecule is OCCc1cccc2c1N(CC1CCOCC1)CC2. The highest BCUT2D eigenvalue weighted by Crippen LogP contribution is 2.33. The number of ether oxygens (including phenoxy) is 1. The summed E-state index contributed by atoms with van der Waals surface area (Å²) in [6.45, 7) is 4.36. The van der Waals surface area contributed by atoms with Gasteiger partial charge in [-0.15, -0.1) is 0 Å². The fourth-order valence-electron chi connectivity index (χ4n) is 3.37. The molecule has 1 N–H and O–H groups in total. The lowest BCUT2D eigenvalue weighted by Gasteiger charge is -2.29. The van der Waals surface area contributed by atoms with Crippen LogP contribution in [0.3, 0.4) is 0 Å². The number of rotatable bonds is 4. The van der Waals surface area contributed by atoms with Crippen LogP contribution >= 0.6 is 0 Å². The molecule has 0 radical (unpaired) electrons. The van der Waals surface area contributed by atoms with Gasteiger partial charge in [0.2, 0.25) is 0 Å². The topological polar surface area (TPSA) is 32.7 Å². The van der Waals surface area contributed by atoms with Gasteiger partial charge < -0.3 is 14.7 Å². The predicted octanol–water partition coefficient (Wildman–Crippen LogP) is 2.01. The van der Waals surface area contributed by atoms with Gasteiger partial charge in [0, 0.05) is 38.6 Å². The van der Waals surface area contributed by atoms with E-state index in [1.54, 1.807) is 0 Å². The number of nitrogens with zero attached hydrogens (tertiary/aromatic N) is 1. The Balaban J connectivity index is 1.76. The molecule has 1 aromatic carbocycles. The second-order valence-electron chi connectivity index (χ2n) is 5.65. The summed E-state index contributed by atoms with van der Waals surface area (Å²) in [5, 5.41) is 9.22. The zero-order chi connectivity index (χ0) is 13.1. The van der Waals surface area contributed by atoms with E-state index in [4.69, 9.17) is 4.74 Å². The van der Waals surface area contributed by atoms with Crippen LogP contribution < -0.4 is 4.90 Å². The molecule has 0 aromatic heterocycles. The third kappa shape index (κ3) is 2.77. The van der Waals surface area contributed by atoms with Crippen LogP contribution in [0.25, 0.3) is 0 Å². The lowest BCUT2D eigenvalue weighted by Crippen LogP contribution is -2.31. The van der Waals surface area contributed by atoms with Crippen molar-refractivity contribution in [3.05, 3.63) is 29.3 Å². The zero-order valence-electron chi connectivity index (χ0n) is 11.5. The smallest absolute Gasteiger partial charge is 0.0472 e. The van der Waals surface area contributed by atoms with Crippen LogP contribution in [-0.2, 0) is 17.6 Å². The molecule has 104 valence electrons. The fraction of sp³-hybridized carbons (Fsp3) is 0.625. The minimum absolute atomic E-state index is 0.238. The summed E-state index contributed by atoms with van der Waals surface area (Å²) < 4.78 is 5.44. The van der Waals surface area contributed by atoms with E-state index < -0.39 is 0 Å². The highest BCUT2D eigenvalue weighted by atomic mass is 16.5. The molecule has 0 aliphatic carbocycles. The molecule has 3 rings (SSSR count). The van der Waals surface area contributed by atoms with E-state index in [0.717, 1.165) is 45.1 Å². The van der Waals surface area contributed by atoms with Crippen LogP contribution in [0.2, 0.25) is 0 Å². The normalized spacial score (nSPS) is 19.7. The van der Waals surface area contributed by atoms with Crippen molar-refractivity contribution in [3.63, 3.8) is 0 Å². The summed E-state index contributed by atoms with van der Waals surface area (Å²) in [5.41, 5.74) is 4.17. The Bertz CT molecular complexity index is 427. The number of para-hydroxylation sites is 1. The molecule has 2 aliphatic heterocycles. The molecule has 0 amide bonds. The van der Waals surface area contributed by atoms with Crippen molar-refractivity contribution < 1.29 is 9.84 Å². The molecule has 0 bridgehead atoms. The van der Waals surface area contributed by atoms with Crippen molar-refractivity contribution in [1.29, 1.82) is 0 Å². The zero-order valence-corrected chi connectivity index (χ0v) is 11.5. The Morgan fingerprint density at radius 3 is 2.89 bits per heavy atom. The average Bonchev–Trinajstić information content (AvgIpc) is 2.85. The van der Waals surface area contributed by atoms with Crippen LogP contribution in [0, 0.1) is 5.92 Å². The van der Waals surface area contributed by atoms with Gasteiger partial charge in [-0.2, -0.15) is 0 Å². The monoisotopic (exact) mass is 261 g/mol. The van der Waals surface area contributed by atoms with Gasteiger partial charge in [0.05, 0.1) is 0 Å². The highest BCUT2D eigenvalue weighted by Gasteiger charge is 2.25. The number of hydrogen-bond donors (Lipinski definition) is 1. The minimum Gasteiger partial charge on any atom is -0.396 e. The largest absolute Gasteiger partial charge is 0.396 e. The van der Waals surface area contributed by atoms with E-state index in [0.29, 0.717) is 0 Å². The summed E-state index contributed by atoms with van der Waals surface area (Å²) in [6.07, 6.45) is 4.30. The maximum atomic E-state index is 9.22. The Morgan fingerprint density at radius 1 is 1.26 bits per heavy atom. The Hall–Kier alpha value is -1.06. The first-order chi connectivity index (χ1) is 9.38. The van der Waals surface area contributed by atoms with E-state index in [-0.39, 0.29) is 6.61 Å². The minimum atomic E-state index is 0.238. The maximum Gasteiger partial charge on any atom is 0.0472 e. The van der Waals surface area contributed by atoms with E-state index in [9.17, 15) is 5.11 Å². The number of aliphatic hydroxyl groups excluding tert-OH is 1. The first-order valence-electron chi connectivity index (χ1n) is 7.43. The molecule has 0 atom stereocenters. The Labute approximate surface area is 115 Å². The second-order valence-corrected chi connectivity index (χ2v) is 5.65. The maximum absolute atomic E-state index is 9.22. The Kier molecular flexibility index (Phi) is 4.04. The van der Waals surface area contributed by atoms with Gasteiger partial charge >= 0.3 is 0 Å². The lowest BCUT2D eigenvalue weighted by atomic mass is 9.99. The van der Waals surface area contributed by atoms with Gasteiger partial charge in [0.25, 0.3) is 0 Å². The molecule has 0 saturated carbocycles. The van der Waals surface area contributed by atoms with Gasteiger partial charge in [-0.05, 0) is 42.7 Å². The molecule has 1 fully saturated rings. The molecule has 3 nitrogen and oxygen atoms in total. The number of fused-ring (bicyclic) bond motifs is 1. The van der Waals surface area contributed by atoms with E-state index in [2.05, 4.69) is 23.1 Å². The third-order valence-corrected chi connectivity index (χ3v) is 4.37. The summed E-state index contributed by atoms with van der Waals surface area (Å²) in [5.74, 6) is 0.766. The van der Waals surface area contributed by atoms with Crippen molar-refractivity contribution in [2.24, 2.45) is 5.92 Å². The quantitative estimate of drug-likeness (QED) is 0.900. The van der Waals surface area contributed by atoms with E-state index >= 15 is 0 Å². The molecule has 0 unspecified atom stereocenters. The lowest BCUT2D eigenvalue weighted by molar-refractivity contribution is 0.0683. The van der Waals surface area contributed by atoms with Crippen molar-refractivity contribution in [1.82, 2.24) is 0 Å². The first kappa shape index (κ1) is 12.9. The summed E-state index contributed by atoms with van der Waals surface area (Å²) in [4.78, 5) is 2.54. The van der Waals surface area contributed by atoms with Crippen LogP contribution in [0.15, 0.2) is 18.2 Å². The van der Waals surface area contributed by atoms with E-state index in [1.807, 2.05) is 0 Å². The molecule has 1 aromatic rings. The van der Waals surface area contributed by atoms with Crippen LogP contribution in [0.4, 0.5) is 5.69 Å². The average molecular weight is 261 g/mol. The van der Waals surface area contributed by atoms with Gasteiger partial charge in [0.1, 0.15) is 0 Å². The summed E-state index contributed by atoms with van der Waals surface area (Å²) >= 11 is 0. The van der Waals surface area contributed by atoms with Crippen LogP contribution in [0.1, 0.15) is 24.0 Å². The number of aliphatic hydroxyl groups is 1. The fourth-order valence-corrected chi connectivity index (χ4v) is 3.37. The molecule has 3 heteroatoms. The standard InChI is InChI=1S/C16H23NO2/c18-9-5-15-3-1-2-14-4-8-17(16(14)15)12-13-6-10-19-11-7-13/h1-3,13,18H,4-12H2. The first-order valence-corrected chi connectivity index (χ1v) is 7.43. The van der Waals surface area contributed by atoms with Gasteiger partial charge in [-0.1, -0.05) is 18.2 Å². The molecular weight excluding hydrogens is 238 g/mol. The van der Waals surface area contributed by atoms with Crippen molar-refractivity contribution in [2.45, 2.75) is 25.7 Å².